The lowest BCUT2D eigenvalue weighted by Gasteiger charge is -2.19. The fourth-order valence-corrected chi connectivity index (χ4v) is 1.63. The maximum atomic E-state index is 13.1. The molecule has 0 aliphatic rings. The smallest absolute Gasteiger partial charge is 0.336 e. The first kappa shape index (κ1) is 14.6. The number of carbonyl (C=O) groups is 1. The van der Waals surface area contributed by atoms with Crippen molar-refractivity contribution in [3.8, 4) is 0 Å². The quantitative estimate of drug-likeness (QED) is 0.597. The maximum absolute atomic E-state index is 13.1. The van der Waals surface area contributed by atoms with Crippen LogP contribution in [-0.2, 0) is 0 Å². The number of carboxylic acid groups (broad SMARTS) is 1. The Bertz CT molecular complexity index is 425. The molecule has 5 nitrogen and oxygen atoms in total. The molecular weight excluding hydrogens is 241 g/mol. The van der Waals surface area contributed by atoms with Crippen LogP contribution in [0.5, 0.6) is 0 Å². The van der Waals surface area contributed by atoms with Crippen molar-refractivity contribution in [2.24, 2.45) is 0 Å². The molecule has 6 heteroatoms. The van der Waals surface area contributed by atoms with Gasteiger partial charge >= 0.3 is 5.97 Å². The molecule has 0 radical (unpaired) electrons. The highest BCUT2D eigenvalue weighted by atomic mass is 19.1. The summed E-state index contributed by atoms with van der Waals surface area (Å²) in [6.45, 7) is 0.454. The Labute approximate surface area is 104 Å². The second-order valence-corrected chi connectivity index (χ2v) is 3.94. The van der Waals surface area contributed by atoms with Crippen LogP contribution < -0.4 is 5.32 Å². The van der Waals surface area contributed by atoms with Crippen LogP contribution in [0.1, 0.15) is 28.4 Å². The molecule has 0 bridgehead atoms. The number of rotatable bonds is 6. The molecule has 18 heavy (non-hydrogen) atoms. The molecule has 1 rings (SSSR count). The van der Waals surface area contributed by atoms with Gasteiger partial charge in [0.25, 0.3) is 0 Å². The number of hydrogen-bond donors (Lipinski definition) is 4. The number of hydrogen-bond acceptors (Lipinski definition) is 4. The molecule has 2 unspecified atom stereocenters. The van der Waals surface area contributed by atoms with Crippen molar-refractivity contribution in [2.75, 3.05) is 13.6 Å². The lowest BCUT2D eigenvalue weighted by Crippen LogP contribution is -2.24. The van der Waals surface area contributed by atoms with Gasteiger partial charge in [0.15, 0.2) is 0 Å². The van der Waals surface area contributed by atoms with Gasteiger partial charge in [0.2, 0.25) is 0 Å². The minimum absolute atomic E-state index is 0.119. The largest absolute Gasteiger partial charge is 0.478 e. The molecule has 0 saturated carbocycles. The van der Waals surface area contributed by atoms with Crippen LogP contribution in [0, 0.1) is 5.82 Å². The van der Waals surface area contributed by atoms with Crippen LogP contribution >= 0.6 is 0 Å². The Morgan fingerprint density at radius 1 is 1.44 bits per heavy atom. The van der Waals surface area contributed by atoms with Crippen molar-refractivity contribution < 1.29 is 24.5 Å². The summed E-state index contributed by atoms with van der Waals surface area (Å²) >= 11 is 0. The monoisotopic (exact) mass is 257 g/mol. The van der Waals surface area contributed by atoms with Crippen molar-refractivity contribution in [3.63, 3.8) is 0 Å². The van der Waals surface area contributed by atoms with Crippen LogP contribution in [0.15, 0.2) is 18.2 Å². The van der Waals surface area contributed by atoms with Crippen molar-refractivity contribution >= 4 is 5.97 Å². The highest BCUT2D eigenvalue weighted by Crippen LogP contribution is 2.23. The topological polar surface area (TPSA) is 89.8 Å². The van der Waals surface area contributed by atoms with Crippen LogP contribution in [0.25, 0.3) is 0 Å². The van der Waals surface area contributed by atoms with Gasteiger partial charge in [-0.05, 0) is 38.2 Å². The molecule has 0 aliphatic heterocycles. The first-order valence-electron chi connectivity index (χ1n) is 5.50. The molecule has 0 fully saturated rings. The highest BCUT2D eigenvalue weighted by Gasteiger charge is 2.23. The predicted octanol–water partition coefficient (Wildman–Crippen LogP) is 0.528. The molecule has 0 aromatic heterocycles. The zero-order valence-electron chi connectivity index (χ0n) is 9.93. The molecule has 0 heterocycles. The van der Waals surface area contributed by atoms with Gasteiger partial charge < -0.3 is 20.6 Å². The van der Waals surface area contributed by atoms with Crippen LogP contribution in [0.4, 0.5) is 4.39 Å². The minimum Gasteiger partial charge on any atom is -0.478 e. The predicted molar refractivity (Wildman–Crippen MR) is 62.9 cm³/mol. The molecule has 1 aromatic rings. The van der Waals surface area contributed by atoms with Gasteiger partial charge in [-0.1, -0.05) is 0 Å². The summed E-state index contributed by atoms with van der Waals surface area (Å²) in [7, 11) is 1.68. The normalized spacial score (nSPS) is 14.2. The van der Waals surface area contributed by atoms with Gasteiger partial charge in [-0.15, -0.1) is 0 Å². The SMILES string of the molecule is CNCCC(O)C(O)c1cc(F)ccc1C(=O)O. The van der Waals surface area contributed by atoms with E-state index in [0.29, 0.717) is 6.54 Å². The van der Waals surface area contributed by atoms with E-state index in [9.17, 15) is 19.4 Å². The summed E-state index contributed by atoms with van der Waals surface area (Å²) in [6, 6.07) is 3.00. The number of aliphatic hydroxyl groups is 2. The van der Waals surface area contributed by atoms with Gasteiger partial charge in [0.05, 0.1) is 11.7 Å². The summed E-state index contributed by atoms with van der Waals surface area (Å²) in [5, 5.41) is 31.3. The first-order valence-corrected chi connectivity index (χ1v) is 5.50. The van der Waals surface area contributed by atoms with E-state index in [0.717, 1.165) is 18.2 Å². The van der Waals surface area contributed by atoms with E-state index in [4.69, 9.17) is 5.11 Å². The Kier molecular flexibility index (Phi) is 5.21. The fourth-order valence-electron chi connectivity index (χ4n) is 1.63. The third kappa shape index (κ3) is 3.49. The molecule has 100 valence electrons. The third-order valence-electron chi connectivity index (χ3n) is 2.62. The molecule has 0 aliphatic carbocycles. The number of carboxylic acids is 1. The minimum atomic E-state index is -1.43. The third-order valence-corrected chi connectivity index (χ3v) is 2.62. The Hall–Kier alpha value is -1.50. The first-order chi connectivity index (χ1) is 8.47. The van der Waals surface area contributed by atoms with E-state index < -0.39 is 24.0 Å². The highest BCUT2D eigenvalue weighted by molar-refractivity contribution is 5.89. The molecule has 2 atom stereocenters. The zero-order chi connectivity index (χ0) is 13.7. The van der Waals surface area contributed by atoms with Crippen LogP contribution in [-0.4, -0.2) is 41.0 Å². The molecule has 0 amide bonds. The van der Waals surface area contributed by atoms with Crippen molar-refractivity contribution in [1.29, 1.82) is 0 Å². The standard InChI is InChI=1S/C12H16FNO4/c1-14-5-4-10(15)11(16)9-6-7(13)2-3-8(9)12(17)18/h2-3,6,10-11,14-16H,4-5H2,1H3,(H,17,18). The molecular formula is C12H16FNO4. The Morgan fingerprint density at radius 2 is 2.11 bits per heavy atom. The number of benzene rings is 1. The van der Waals surface area contributed by atoms with Gasteiger partial charge in [0, 0.05) is 5.56 Å². The summed E-state index contributed by atoms with van der Waals surface area (Å²) in [6.07, 6.45) is -2.36. The van der Waals surface area contributed by atoms with Crippen molar-refractivity contribution in [1.82, 2.24) is 5.32 Å². The Balaban J connectivity index is 2.99. The van der Waals surface area contributed by atoms with Gasteiger partial charge in [-0.25, -0.2) is 9.18 Å². The van der Waals surface area contributed by atoms with E-state index in [2.05, 4.69) is 5.32 Å². The molecule has 4 N–H and O–H groups in total. The summed E-state index contributed by atoms with van der Waals surface area (Å²) < 4.78 is 13.1. The second kappa shape index (κ2) is 6.44. The summed E-state index contributed by atoms with van der Waals surface area (Å²) in [5.41, 5.74) is -0.335. The number of aromatic carboxylic acids is 1. The second-order valence-electron chi connectivity index (χ2n) is 3.94. The van der Waals surface area contributed by atoms with Gasteiger partial charge in [0.1, 0.15) is 11.9 Å². The molecule has 1 aromatic carbocycles. The zero-order valence-corrected chi connectivity index (χ0v) is 9.93. The van der Waals surface area contributed by atoms with E-state index in [1.807, 2.05) is 0 Å². The van der Waals surface area contributed by atoms with Crippen LogP contribution in [0.3, 0.4) is 0 Å². The summed E-state index contributed by atoms with van der Waals surface area (Å²) in [4.78, 5) is 10.9. The summed E-state index contributed by atoms with van der Waals surface area (Å²) in [5.74, 6) is -1.93. The van der Waals surface area contributed by atoms with Gasteiger partial charge in [-0.2, -0.15) is 0 Å². The van der Waals surface area contributed by atoms with Crippen molar-refractivity contribution in [2.45, 2.75) is 18.6 Å². The Morgan fingerprint density at radius 3 is 2.67 bits per heavy atom. The average Bonchev–Trinajstić information content (AvgIpc) is 2.34. The van der Waals surface area contributed by atoms with Crippen molar-refractivity contribution in [3.05, 3.63) is 35.1 Å². The number of halogens is 1. The van der Waals surface area contributed by atoms with Crippen LogP contribution in [0.2, 0.25) is 0 Å². The van der Waals surface area contributed by atoms with E-state index >= 15 is 0 Å². The lowest BCUT2D eigenvalue weighted by molar-refractivity contribution is 0.0129. The fraction of sp³-hybridized carbons (Fsp3) is 0.417. The maximum Gasteiger partial charge on any atom is 0.336 e. The van der Waals surface area contributed by atoms with E-state index in [1.165, 1.54) is 0 Å². The lowest BCUT2D eigenvalue weighted by atomic mass is 9.97. The molecule has 0 spiro atoms. The number of nitrogens with one attached hydrogen (secondary N) is 1. The van der Waals surface area contributed by atoms with E-state index in [1.54, 1.807) is 7.05 Å². The average molecular weight is 257 g/mol. The van der Waals surface area contributed by atoms with Gasteiger partial charge in [-0.3, -0.25) is 0 Å². The number of aliphatic hydroxyl groups excluding tert-OH is 2. The van der Waals surface area contributed by atoms with E-state index in [-0.39, 0.29) is 17.5 Å². The molecule has 0 saturated heterocycles.